The first-order chi connectivity index (χ1) is 7.45. The van der Waals surface area contributed by atoms with Gasteiger partial charge in [0.15, 0.2) is 9.84 Å². The van der Waals surface area contributed by atoms with E-state index in [0.717, 1.165) is 0 Å². The summed E-state index contributed by atoms with van der Waals surface area (Å²) in [5.74, 6) is -0.378. The molecule has 0 aliphatic carbocycles. The Morgan fingerprint density at radius 1 is 1.44 bits per heavy atom. The number of hydrogen-bond donors (Lipinski definition) is 1. The van der Waals surface area contributed by atoms with E-state index in [1.807, 2.05) is 0 Å². The number of aromatic nitrogens is 1. The number of nitrogens with two attached hydrogens (primary N) is 1. The molecule has 0 fully saturated rings. The Morgan fingerprint density at radius 2 is 2.12 bits per heavy atom. The first-order valence-corrected chi connectivity index (χ1v) is 6.56. The number of rotatable bonds is 5. The topological polar surface area (TPSA) is 90.1 Å². The lowest BCUT2D eigenvalue weighted by atomic mass is 10.1. The van der Waals surface area contributed by atoms with E-state index in [4.69, 9.17) is 5.73 Å². The molecule has 1 heterocycles. The van der Waals surface area contributed by atoms with Crippen molar-refractivity contribution >= 4 is 15.7 Å². The molecule has 2 N–H and O–H groups in total. The van der Waals surface area contributed by atoms with E-state index in [1.165, 1.54) is 18.5 Å². The molecule has 0 unspecified atom stereocenters. The van der Waals surface area contributed by atoms with Crippen LogP contribution in [0.1, 0.15) is 18.9 Å². The average molecular weight is 242 g/mol. The molecule has 5 nitrogen and oxygen atoms in total. The van der Waals surface area contributed by atoms with Gasteiger partial charge in [-0.05, 0) is 18.1 Å². The van der Waals surface area contributed by atoms with Gasteiger partial charge in [-0.3, -0.25) is 9.78 Å². The highest BCUT2D eigenvalue weighted by Gasteiger charge is 2.12. The molecular weight excluding hydrogens is 228 g/mol. The van der Waals surface area contributed by atoms with Gasteiger partial charge in [0.25, 0.3) is 0 Å². The summed E-state index contributed by atoms with van der Waals surface area (Å²) < 4.78 is 23.1. The van der Waals surface area contributed by atoms with Crippen molar-refractivity contribution in [1.82, 2.24) is 4.98 Å². The minimum atomic E-state index is -3.24. The minimum absolute atomic E-state index is 0.0357. The van der Waals surface area contributed by atoms with Gasteiger partial charge in [-0.2, -0.15) is 0 Å². The molecule has 1 amide bonds. The minimum Gasteiger partial charge on any atom is -0.370 e. The van der Waals surface area contributed by atoms with Gasteiger partial charge in [0.1, 0.15) is 0 Å². The largest absolute Gasteiger partial charge is 0.370 e. The first kappa shape index (κ1) is 12.6. The van der Waals surface area contributed by atoms with Crippen LogP contribution in [0.3, 0.4) is 0 Å². The number of nitrogens with zero attached hydrogens (tertiary/aromatic N) is 1. The van der Waals surface area contributed by atoms with Gasteiger partial charge >= 0.3 is 0 Å². The van der Waals surface area contributed by atoms with Gasteiger partial charge in [0, 0.05) is 18.8 Å². The number of carbonyl (C=O) groups excluding carboxylic acids is 1. The molecule has 0 aromatic carbocycles. The lowest BCUT2D eigenvalue weighted by molar-refractivity contribution is -0.117. The lowest BCUT2D eigenvalue weighted by Gasteiger charge is -2.03. The summed E-state index contributed by atoms with van der Waals surface area (Å²) in [7, 11) is -3.24. The first-order valence-electron chi connectivity index (χ1n) is 4.90. The summed E-state index contributed by atoms with van der Waals surface area (Å²) in [4.78, 5) is 14.6. The van der Waals surface area contributed by atoms with Crippen molar-refractivity contribution in [2.75, 3.05) is 5.75 Å². The smallest absolute Gasteiger partial charge is 0.217 e. The third kappa shape index (κ3) is 3.30. The van der Waals surface area contributed by atoms with Gasteiger partial charge in [-0.1, -0.05) is 6.92 Å². The summed E-state index contributed by atoms with van der Waals surface area (Å²) >= 11 is 0. The molecular formula is C10H14N2O3S. The Bertz CT molecular complexity index is 483. The van der Waals surface area contributed by atoms with Crippen molar-refractivity contribution in [3.63, 3.8) is 0 Å². The van der Waals surface area contributed by atoms with Crippen LogP contribution >= 0.6 is 0 Å². The molecule has 0 atom stereocenters. The zero-order valence-electron chi connectivity index (χ0n) is 9.01. The van der Waals surface area contributed by atoms with Crippen molar-refractivity contribution in [2.45, 2.75) is 24.7 Å². The van der Waals surface area contributed by atoms with Gasteiger partial charge in [0.05, 0.1) is 10.6 Å². The summed E-state index contributed by atoms with van der Waals surface area (Å²) in [5, 5.41) is 0. The van der Waals surface area contributed by atoms with E-state index in [0.29, 0.717) is 12.0 Å². The molecule has 0 aliphatic rings. The van der Waals surface area contributed by atoms with Crippen LogP contribution < -0.4 is 5.73 Å². The highest BCUT2D eigenvalue weighted by molar-refractivity contribution is 7.91. The van der Waals surface area contributed by atoms with Gasteiger partial charge in [-0.25, -0.2) is 8.42 Å². The fourth-order valence-corrected chi connectivity index (χ4v) is 2.09. The van der Waals surface area contributed by atoms with Gasteiger partial charge < -0.3 is 5.73 Å². The van der Waals surface area contributed by atoms with Crippen LogP contribution in [0.25, 0.3) is 0 Å². The van der Waals surface area contributed by atoms with Gasteiger partial charge in [-0.15, -0.1) is 0 Å². The van der Waals surface area contributed by atoms with Crippen LogP contribution in [0.15, 0.2) is 23.4 Å². The molecule has 0 saturated heterocycles. The summed E-state index contributed by atoms with van der Waals surface area (Å²) in [6, 6.07) is 1.54. The normalized spacial score (nSPS) is 11.3. The maximum Gasteiger partial charge on any atom is 0.217 e. The quantitative estimate of drug-likeness (QED) is 0.803. The molecule has 0 radical (unpaired) electrons. The van der Waals surface area contributed by atoms with E-state index in [-0.39, 0.29) is 17.1 Å². The van der Waals surface area contributed by atoms with Crippen LogP contribution in [0.5, 0.6) is 0 Å². The Hall–Kier alpha value is -1.43. The van der Waals surface area contributed by atoms with Crippen LogP contribution in [-0.4, -0.2) is 25.1 Å². The molecule has 0 spiro atoms. The number of carbonyl (C=O) groups is 1. The van der Waals surface area contributed by atoms with Crippen molar-refractivity contribution in [3.05, 3.63) is 24.0 Å². The number of aryl methyl sites for hydroxylation is 1. The average Bonchev–Trinajstić information content (AvgIpc) is 2.27. The summed E-state index contributed by atoms with van der Waals surface area (Å²) in [6.07, 6.45) is 3.46. The summed E-state index contributed by atoms with van der Waals surface area (Å²) in [6.45, 7) is 1.57. The highest BCUT2D eigenvalue weighted by Crippen LogP contribution is 2.12. The molecule has 1 aromatic rings. The molecule has 0 bridgehead atoms. The van der Waals surface area contributed by atoms with E-state index < -0.39 is 15.7 Å². The standard InChI is InChI=1S/C10H14N2O3S/c1-2-16(14,15)9-5-8(6-12-7-9)3-4-10(11)13/h5-7H,2-4H2,1H3,(H2,11,13). The molecule has 0 aliphatic heterocycles. The predicted molar refractivity (Wildman–Crippen MR) is 59.5 cm³/mol. The second kappa shape index (κ2) is 5.07. The van der Waals surface area contributed by atoms with E-state index in [9.17, 15) is 13.2 Å². The number of primary amides is 1. The number of hydrogen-bond acceptors (Lipinski definition) is 4. The third-order valence-electron chi connectivity index (χ3n) is 2.17. The van der Waals surface area contributed by atoms with Crippen molar-refractivity contribution in [2.24, 2.45) is 5.73 Å². The fourth-order valence-electron chi connectivity index (χ4n) is 1.20. The summed E-state index contributed by atoms with van der Waals surface area (Å²) in [5.41, 5.74) is 5.71. The molecule has 16 heavy (non-hydrogen) atoms. The zero-order valence-corrected chi connectivity index (χ0v) is 9.83. The van der Waals surface area contributed by atoms with Crippen LogP contribution in [0, 0.1) is 0 Å². The molecule has 1 rings (SSSR count). The Balaban J connectivity index is 2.91. The highest BCUT2D eigenvalue weighted by atomic mass is 32.2. The van der Waals surface area contributed by atoms with Gasteiger partial charge in [0.2, 0.25) is 5.91 Å². The maximum absolute atomic E-state index is 11.6. The van der Waals surface area contributed by atoms with Crippen molar-refractivity contribution in [3.8, 4) is 0 Å². The number of amides is 1. The molecule has 6 heteroatoms. The van der Waals surface area contributed by atoms with E-state index >= 15 is 0 Å². The second-order valence-electron chi connectivity index (χ2n) is 3.40. The van der Waals surface area contributed by atoms with E-state index in [1.54, 1.807) is 6.92 Å². The number of sulfone groups is 1. The Morgan fingerprint density at radius 3 is 2.69 bits per heavy atom. The number of pyridine rings is 1. The fraction of sp³-hybridized carbons (Fsp3) is 0.400. The second-order valence-corrected chi connectivity index (χ2v) is 5.68. The third-order valence-corrected chi connectivity index (χ3v) is 3.87. The Labute approximate surface area is 94.6 Å². The Kier molecular flexibility index (Phi) is 4.00. The van der Waals surface area contributed by atoms with Crippen molar-refractivity contribution < 1.29 is 13.2 Å². The zero-order chi connectivity index (χ0) is 12.2. The van der Waals surface area contributed by atoms with Crippen LogP contribution in [-0.2, 0) is 21.1 Å². The molecule has 0 saturated carbocycles. The van der Waals surface area contributed by atoms with Crippen LogP contribution in [0.2, 0.25) is 0 Å². The lowest BCUT2D eigenvalue weighted by Crippen LogP contribution is -2.11. The maximum atomic E-state index is 11.6. The van der Waals surface area contributed by atoms with E-state index in [2.05, 4.69) is 4.98 Å². The van der Waals surface area contributed by atoms with Crippen molar-refractivity contribution in [1.29, 1.82) is 0 Å². The van der Waals surface area contributed by atoms with Crippen LogP contribution in [0.4, 0.5) is 0 Å². The monoisotopic (exact) mass is 242 g/mol. The predicted octanol–water partition coefficient (Wildman–Crippen LogP) is 0.293. The molecule has 88 valence electrons. The SMILES string of the molecule is CCS(=O)(=O)c1cncc(CCC(N)=O)c1. The molecule has 1 aromatic heterocycles.